The Morgan fingerprint density at radius 3 is 1.83 bits per heavy atom. The summed E-state index contributed by atoms with van der Waals surface area (Å²) in [4.78, 5) is 13.2. The Morgan fingerprint density at radius 1 is 0.862 bits per heavy atom. The molecule has 0 heterocycles. The molecular formula is C25H42INO2. The molecule has 0 bridgehead atoms. The van der Waals surface area contributed by atoms with Crippen molar-refractivity contribution in [1.29, 1.82) is 0 Å². The van der Waals surface area contributed by atoms with E-state index in [1.807, 2.05) is 0 Å². The number of halogens is 1. The van der Waals surface area contributed by atoms with E-state index in [0.29, 0.717) is 13.1 Å². The van der Waals surface area contributed by atoms with Gasteiger partial charge >= 0.3 is 6.09 Å². The molecule has 0 radical (unpaired) electrons. The van der Waals surface area contributed by atoms with Crippen molar-refractivity contribution in [2.24, 2.45) is 0 Å². The number of aryl methyl sites for hydroxylation is 1. The SMILES string of the molecule is CCCCCCCCCCCCCCCCN(Cc1cc(C)ccc1I)C(=O)O. The van der Waals surface area contributed by atoms with E-state index in [2.05, 4.69) is 54.6 Å². The van der Waals surface area contributed by atoms with Crippen LogP contribution in [0.3, 0.4) is 0 Å². The maximum atomic E-state index is 11.6. The zero-order valence-electron chi connectivity index (χ0n) is 18.7. The number of hydrogen-bond acceptors (Lipinski definition) is 1. The third-order valence-electron chi connectivity index (χ3n) is 5.61. The van der Waals surface area contributed by atoms with E-state index in [9.17, 15) is 9.90 Å². The van der Waals surface area contributed by atoms with Crippen LogP contribution in [0.4, 0.5) is 4.79 Å². The van der Waals surface area contributed by atoms with Gasteiger partial charge in [0.05, 0.1) is 6.54 Å². The summed E-state index contributed by atoms with van der Waals surface area (Å²) < 4.78 is 1.14. The quantitative estimate of drug-likeness (QED) is 0.167. The number of nitrogens with zero attached hydrogens (tertiary/aromatic N) is 1. The van der Waals surface area contributed by atoms with Crippen molar-refractivity contribution < 1.29 is 9.90 Å². The lowest BCUT2D eigenvalue weighted by atomic mass is 10.0. The molecule has 166 valence electrons. The Hall–Kier alpha value is -0.780. The lowest BCUT2D eigenvalue weighted by Crippen LogP contribution is -2.30. The van der Waals surface area contributed by atoms with Crippen LogP contribution in [0.2, 0.25) is 0 Å². The van der Waals surface area contributed by atoms with Crippen LogP contribution in [0.5, 0.6) is 0 Å². The van der Waals surface area contributed by atoms with E-state index >= 15 is 0 Å². The molecule has 1 rings (SSSR count). The van der Waals surface area contributed by atoms with Gasteiger partial charge in [0, 0.05) is 10.1 Å². The molecule has 0 atom stereocenters. The fourth-order valence-electron chi connectivity index (χ4n) is 3.77. The molecule has 3 nitrogen and oxygen atoms in total. The van der Waals surface area contributed by atoms with Crippen LogP contribution in [0.25, 0.3) is 0 Å². The van der Waals surface area contributed by atoms with Crippen molar-refractivity contribution >= 4 is 28.7 Å². The molecule has 4 heteroatoms. The smallest absolute Gasteiger partial charge is 0.407 e. The van der Waals surface area contributed by atoms with E-state index in [4.69, 9.17) is 0 Å². The summed E-state index contributed by atoms with van der Waals surface area (Å²) in [6.07, 6.45) is 17.7. The molecule has 0 saturated heterocycles. The van der Waals surface area contributed by atoms with Crippen molar-refractivity contribution in [3.05, 3.63) is 32.9 Å². The van der Waals surface area contributed by atoms with Gasteiger partial charge in [-0.2, -0.15) is 0 Å². The molecule has 0 aliphatic carbocycles. The van der Waals surface area contributed by atoms with E-state index in [1.54, 1.807) is 4.90 Å². The lowest BCUT2D eigenvalue weighted by molar-refractivity contribution is 0.141. The van der Waals surface area contributed by atoms with Gasteiger partial charge in [0.25, 0.3) is 0 Å². The van der Waals surface area contributed by atoms with Crippen molar-refractivity contribution in [2.45, 2.75) is 110 Å². The minimum Gasteiger partial charge on any atom is -0.465 e. The minimum atomic E-state index is -0.808. The van der Waals surface area contributed by atoms with Gasteiger partial charge in [-0.1, -0.05) is 108 Å². The first kappa shape index (κ1) is 26.3. The molecule has 0 fully saturated rings. The highest BCUT2D eigenvalue weighted by atomic mass is 127. The van der Waals surface area contributed by atoms with Gasteiger partial charge in [-0.05, 0) is 47.6 Å². The largest absolute Gasteiger partial charge is 0.465 e. The maximum absolute atomic E-state index is 11.6. The normalized spacial score (nSPS) is 11.0. The van der Waals surface area contributed by atoms with Crippen molar-refractivity contribution in [3.63, 3.8) is 0 Å². The molecule has 29 heavy (non-hydrogen) atoms. The number of carbonyl (C=O) groups is 1. The van der Waals surface area contributed by atoms with Gasteiger partial charge in [0.15, 0.2) is 0 Å². The van der Waals surface area contributed by atoms with Crippen LogP contribution in [0.1, 0.15) is 108 Å². The van der Waals surface area contributed by atoms with Crippen LogP contribution in [0, 0.1) is 10.5 Å². The summed E-state index contributed by atoms with van der Waals surface area (Å²) in [7, 11) is 0. The first-order valence-corrected chi connectivity index (χ1v) is 12.9. The molecule has 0 aliphatic heterocycles. The Morgan fingerprint density at radius 2 is 1.34 bits per heavy atom. The number of benzene rings is 1. The molecule has 0 saturated carbocycles. The van der Waals surface area contributed by atoms with E-state index in [1.165, 1.54) is 82.6 Å². The third-order valence-corrected chi connectivity index (χ3v) is 6.67. The first-order valence-electron chi connectivity index (χ1n) is 11.8. The van der Waals surface area contributed by atoms with E-state index < -0.39 is 6.09 Å². The Balaban J connectivity index is 2.04. The minimum absolute atomic E-state index is 0.494. The average Bonchev–Trinajstić information content (AvgIpc) is 2.69. The topological polar surface area (TPSA) is 40.5 Å². The lowest BCUT2D eigenvalue weighted by Gasteiger charge is -2.20. The highest BCUT2D eigenvalue weighted by Crippen LogP contribution is 2.17. The highest BCUT2D eigenvalue weighted by Gasteiger charge is 2.13. The predicted molar refractivity (Wildman–Crippen MR) is 133 cm³/mol. The first-order chi connectivity index (χ1) is 14.0. The Bertz CT molecular complexity index is 562. The third kappa shape index (κ3) is 13.2. The molecular weight excluding hydrogens is 473 g/mol. The number of carboxylic acid groups (broad SMARTS) is 1. The molecule has 0 spiro atoms. The maximum Gasteiger partial charge on any atom is 0.407 e. The molecule has 0 aromatic heterocycles. The molecule has 1 aromatic rings. The zero-order chi connectivity index (χ0) is 21.3. The highest BCUT2D eigenvalue weighted by molar-refractivity contribution is 14.1. The molecule has 1 amide bonds. The van der Waals surface area contributed by atoms with Crippen LogP contribution >= 0.6 is 22.6 Å². The number of rotatable bonds is 17. The van der Waals surface area contributed by atoms with Gasteiger partial charge in [0.1, 0.15) is 0 Å². The zero-order valence-corrected chi connectivity index (χ0v) is 20.9. The summed E-state index contributed by atoms with van der Waals surface area (Å²) >= 11 is 2.29. The van der Waals surface area contributed by atoms with Crippen LogP contribution in [-0.4, -0.2) is 22.6 Å². The number of amides is 1. The predicted octanol–water partition coefficient (Wildman–Crippen LogP) is 8.56. The summed E-state index contributed by atoms with van der Waals surface area (Å²) in [5, 5.41) is 9.52. The summed E-state index contributed by atoms with van der Waals surface area (Å²) in [6.45, 7) is 5.46. The molecule has 0 unspecified atom stereocenters. The van der Waals surface area contributed by atoms with Gasteiger partial charge in [-0.15, -0.1) is 0 Å². The standard InChI is InChI=1S/C25H42INO2/c1-3-4-5-6-7-8-9-10-11-12-13-14-15-16-19-27(25(28)29)21-23-20-22(2)17-18-24(23)26/h17-18,20H,3-16,19,21H2,1-2H3,(H,28,29). The Labute approximate surface area is 192 Å². The fraction of sp³-hybridized carbons (Fsp3) is 0.720. The van der Waals surface area contributed by atoms with Gasteiger partial charge in [-0.25, -0.2) is 4.79 Å². The molecule has 1 N–H and O–H groups in total. The second-order valence-corrected chi connectivity index (χ2v) is 9.56. The number of hydrogen-bond donors (Lipinski definition) is 1. The summed E-state index contributed by atoms with van der Waals surface area (Å²) in [5.41, 5.74) is 2.29. The van der Waals surface area contributed by atoms with Gasteiger partial charge in [-0.3, -0.25) is 0 Å². The summed E-state index contributed by atoms with van der Waals surface area (Å²) in [5.74, 6) is 0. The summed E-state index contributed by atoms with van der Waals surface area (Å²) in [6, 6.07) is 6.24. The molecule has 0 aliphatic rings. The van der Waals surface area contributed by atoms with Crippen molar-refractivity contribution in [1.82, 2.24) is 4.90 Å². The van der Waals surface area contributed by atoms with Crippen molar-refractivity contribution in [3.8, 4) is 0 Å². The van der Waals surface area contributed by atoms with E-state index in [-0.39, 0.29) is 0 Å². The second kappa shape index (κ2) is 17.0. The molecule has 1 aromatic carbocycles. The van der Waals surface area contributed by atoms with Gasteiger partial charge in [0.2, 0.25) is 0 Å². The Kier molecular flexibility index (Phi) is 15.4. The average molecular weight is 516 g/mol. The fourth-order valence-corrected chi connectivity index (χ4v) is 4.28. The van der Waals surface area contributed by atoms with Crippen molar-refractivity contribution in [2.75, 3.05) is 6.54 Å². The van der Waals surface area contributed by atoms with E-state index in [0.717, 1.165) is 22.0 Å². The van der Waals surface area contributed by atoms with Gasteiger partial charge < -0.3 is 10.0 Å². The van der Waals surface area contributed by atoms with Crippen LogP contribution < -0.4 is 0 Å². The van der Waals surface area contributed by atoms with Crippen LogP contribution in [0.15, 0.2) is 18.2 Å². The second-order valence-electron chi connectivity index (χ2n) is 8.40. The van der Waals surface area contributed by atoms with Crippen LogP contribution in [-0.2, 0) is 6.54 Å². The number of unbranched alkanes of at least 4 members (excludes halogenated alkanes) is 13. The monoisotopic (exact) mass is 515 g/mol.